The predicted octanol–water partition coefficient (Wildman–Crippen LogP) is 4.40. The molecular weight excluding hydrogens is 426 g/mol. The van der Waals surface area contributed by atoms with Crippen LogP contribution in [0, 0.1) is 13.8 Å². The minimum atomic E-state index is -0.162. The Morgan fingerprint density at radius 2 is 1.97 bits per heavy atom. The molecule has 1 fully saturated rings. The van der Waals surface area contributed by atoms with Gasteiger partial charge >= 0.3 is 0 Å². The van der Waals surface area contributed by atoms with Gasteiger partial charge in [0.15, 0.2) is 0 Å². The number of pyridine rings is 2. The number of carbonyl (C=O) groups excluding carboxylic acids is 1. The van der Waals surface area contributed by atoms with E-state index in [-0.39, 0.29) is 5.91 Å². The highest BCUT2D eigenvalue weighted by molar-refractivity contribution is 6.04. The molecule has 7 heteroatoms. The van der Waals surface area contributed by atoms with Gasteiger partial charge in [-0.25, -0.2) is 4.98 Å². The molecule has 0 bridgehead atoms. The van der Waals surface area contributed by atoms with Crippen LogP contribution in [0.5, 0.6) is 0 Å². The summed E-state index contributed by atoms with van der Waals surface area (Å²) in [7, 11) is 0. The number of morpholine rings is 1. The molecule has 1 N–H and O–H groups in total. The van der Waals surface area contributed by atoms with Crippen molar-refractivity contribution >= 4 is 17.2 Å². The Morgan fingerprint density at radius 1 is 1.12 bits per heavy atom. The number of amides is 1. The Kier molecular flexibility index (Phi) is 6.56. The van der Waals surface area contributed by atoms with Crippen molar-refractivity contribution in [3.05, 3.63) is 77.5 Å². The second kappa shape index (κ2) is 9.91. The van der Waals surface area contributed by atoms with Crippen LogP contribution in [0.3, 0.4) is 0 Å². The van der Waals surface area contributed by atoms with Gasteiger partial charge in [-0.3, -0.25) is 14.7 Å². The average molecular weight is 458 g/mol. The molecule has 3 aromatic rings. The van der Waals surface area contributed by atoms with Gasteiger partial charge in [-0.15, -0.1) is 0 Å². The van der Waals surface area contributed by atoms with E-state index in [1.165, 1.54) is 5.57 Å². The van der Waals surface area contributed by atoms with Gasteiger partial charge < -0.3 is 14.6 Å². The molecule has 2 aliphatic rings. The first-order chi connectivity index (χ1) is 16.6. The number of carbonyl (C=O) groups is 1. The van der Waals surface area contributed by atoms with Gasteiger partial charge in [0.2, 0.25) is 0 Å². The number of hydrogen-bond acceptors (Lipinski definition) is 5. The van der Waals surface area contributed by atoms with E-state index in [0.29, 0.717) is 17.3 Å². The molecule has 7 nitrogen and oxygen atoms in total. The van der Waals surface area contributed by atoms with E-state index in [2.05, 4.69) is 28.2 Å². The number of aromatic nitrogens is 3. The van der Waals surface area contributed by atoms with Gasteiger partial charge in [0, 0.05) is 37.7 Å². The third-order valence-corrected chi connectivity index (χ3v) is 6.70. The molecule has 5 rings (SSSR count). The molecule has 4 heterocycles. The first-order valence-electron chi connectivity index (χ1n) is 12.0. The zero-order valence-corrected chi connectivity index (χ0v) is 19.8. The van der Waals surface area contributed by atoms with E-state index < -0.39 is 0 Å². The smallest absolute Gasteiger partial charge is 0.257 e. The van der Waals surface area contributed by atoms with Crippen LogP contribution in [0.1, 0.15) is 46.4 Å². The summed E-state index contributed by atoms with van der Waals surface area (Å²) >= 11 is 0. The number of nitrogens with one attached hydrogen (secondary N) is 1. The van der Waals surface area contributed by atoms with Gasteiger partial charge in [0.1, 0.15) is 5.82 Å². The zero-order chi connectivity index (χ0) is 23.5. The molecule has 1 atom stereocenters. The lowest BCUT2D eigenvalue weighted by atomic mass is 9.90. The molecule has 0 spiro atoms. The first kappa shape index (κ1) is 22.5. The van der Waals surface area contributed by atoms with Crippen LogP contribution < -0.4 is 5.32 Å². The van der Waals surface area contributed by atoms with E-state index in [0.717, 1.165) is 68.2 Å². The van der Waals surface area contributed by atoms with Crippen molar-refractivity contribution in [3.63, 3.8) is 0 Å². The Morgan fingerprint density at radius 3 is 2.68 bits per heavy atom. The summed E-state index contributed by atoms with van der Waals surface area (Å²) in [5, 5.41) is 2.98. The van der Waals surface area contributed by atoms with E-state index in [9.17, 15) is 4.79 Å². The molecule has 3 aromatic heterocycles. The summed E-state index contributed by atoms with van der Waals surface area (Å²) in [5.74, 6) is 0.619. The monoisotopic (exact) mass is 457 g/mol. The Balaban J connectivity index is 1.23. The van der Waals surface area contributed by atoms with Crippen LogP contribution in [-0.2, 0) is 4.74 Å². The highest BCUT2D eigenvalue weighted by Crippen LogP contribution is 2.31. The standard InChI is InChI=1S/C27H31N5O2/c1-19-3-8-25(28-16-19)32-10-9-22(18-32)27(33)30-23-15-20(2)26(29-17-23)21-4-6-24(7-5-21)31-11-13-34-14-12-31/h3-4,8-10,15-18,24H,5-7,11-14H2,1-2H3,(H,30,33). The number of hydrogen-bond donors (Lipinski definition) is 1. The van der Waals surface area contributed by atoms with Crippen LogP contribution in [0.25, 0.3) is 11.4 Å². The van der Waals surface area contributed by atoms with Crippen LogP contribution in [0.15, 0.2) is 55.1 Å². The molecule has 34 heavy (non-hydrogen) atoms. The van der Waals surface area contributed by atoms with Gasteiger partial charge in [-0.05, 0) is 68.0 Å². The summed E-state index contributed by atoms with van der Waals surface area (Å²) in [6.07, 6.45) is 12.8. The Labute approximate surface area is 200 Å². The van der Waals surface area contributed by atoms with Crippen LogP contribution in [-0.4, -0.2) is 57.7 Å². The lowest BCUT2D eigenvalue weighted by molar-refractivity contribution is 0.0150. The number of nitrogens with zero attached hydrogens (tertiary/aromatic N) is 4. The topological polar surface area (TPSA) is 72.3 Å². The molecule has 1 amide bonds. The van der Waals surface area contributed by atoms with E-state index in [1.807, 2.05) is 42.1 Å². The highest BCUT2D eigenvalue weighted by atomic mass is 16.5. The van der Waals surface area contributed by atoms with E-state index in [1.54, 1.807) is 18.5 Å². The van der Waals surface area contributed by atoms with Crippen molar-refractivity contribution < 1.29 is 9.53 Å². The molecule has 1 unspecified atom stereocenters. The third kappa shape index (κ3) is 4.95. The molecule has 1 saturated heterocycles. The van der Waals surface area contributed by atoms with Gasteiger partial charge in [0.25, 0.3) is 5.91 Å². The number of aryl methyl sites for hydroxylation is 2. The van der Waals surface area contributed by atoms with Crippen molar-refractivity contribution in [2.24, 2.45) is 0 Å². The van der Waals surface area contributed by atoms with E-state index >= 15 is 0 Å². The van der Waals surface area contributed by atoms with Crippen LogP contribution >= 0.6 is 0 Å². The lowest BCUT2D eigenvalue weighted by Crippen LogP contribution is -2.43. The van der Waals surface area contributed by atoms with Gasteiger partial charge in [-0.2, -0.15) is 0 Å². The molecule has 1 aliphatic carbocycles. The minimum absolute atomic E-state index is 0.162. The highest BCUT2D eigenvalue weighted by Gasteiger charge is 2.24. The number of anilines is 1. The molecule has 0 aromatic carbocycles. The quantitative estimate of drug-likeness (QED) is 0.615. The fraction of sp³-hybridized carbons (Fsp3) is 0.370. The van der Waals surface area contributed by atoms with Crippen molar-refractivity contribution in [2.75, 3.05) is 31.6 Å². The maximum atomic E-state index is 12.8. The summed E-state index contributed by atoms with van der Waals surface area (Å²) in [5.41, 5.74) is 5.80. The van der Waals surface area contributed by atoms with E-state index in [4.69, 9.17) is 9.72 Å². The number of ether oxygens (including phenoxy) is 1. The maximum absolute atomic E-state index is 12.8. The summed E-state index contributed by atoms with van der Waals surface area (Å²) in [4.78, 5) is 24.5. The lowest BCUT2D eigenvalue weighted by Gasteiger charge is -2.36. The first-order valence-corrected chi connectivity index (χ1v) is 12.0. The minimum Gasteiger partial charge on any atom is -0.379 e. The molecular formula is C27H31N5O2. The second-order valence-electron chi connectivity index (χ2n) is 9.15. The Hall–Kier alpha value is -3.29. The maximum Gasteiger partial charge on any atom is 0.257 e. The predicted molar refractivity (Wildman–Crippen MR) is 133 cm³/mol. The summed E-state index contributed by atoms with van der Waals surface area (Å²) < 4.78 is 7.34. The van der Waals surface area contributed by atoms with Gasteiger partial charge in [0.05, 0.1) is 36.4 Å². The van der Waals surface area contributed by atoms with Gasteiger partial charge in [-0.1, -0.05) is 12.1 Å². The fourth-order valence-electron chi connectivity index (χ4n) is 4.78. The summed E-state index contributed by atoms with van der Waals surface area (Å²) in [6.45, 7) is 7.81. The normalized spacial score (nSPS) is 19.0. The SMILES string of the molecule is Cc1ccc(-n2ccc(C(=O)Nc3cnc(C4=CCC(N5CCOCC5)CC4)c(C)c3)c2)nc1. The molecule has 1 aliphatic heterocycles. The largest absolute Gasteiger partial charge is 0.379 e. The Bertz CT molecular complexity index is 1190. The van der Waals surface area contributed by atoms with Crippen molar-refractivity contribution in [1.29, 1.82) is 0 Å². The van der Waals surface area contributed by atoms with Crippen molar-refractivity contribution in [3.8, 4) is 5.82 Å². The van der Waals surface area contributed by atoms with Crippen molar-refractivity contribution in [2.45, 2.75) is 39.2 Å². The van der Waals surface area contributed by atoms with Crippen molar-refractivity contribution in [1.82, 2.24) is 19.4 Å². The second-order valence-corrected chi connectivity index (χ2v) is 9.15. The average Bonchev–Trinajstić information content (AvgIpc) is 3.36. The zero-order valence-electron chi connectivity index (χ0n) is 19.8. The molecule has 176 valence electrons. The number of rotatable bonds is 5. The summed E-state index contributed by atoms with van der Waals surface area (Å²) in [6, 6.07) is 8.35. The molecule has 0 radical (unpaired) electrons. The van der Waals surface area contributed by atoms with Crippen LogP contribution in [0.2, 0.25) is 0 Å². The van der Waals surface area contributed by atoms with Crippen LogP contribution in [0.4, 0.5) is 5.69 Å². The fourth-order valence-corrected chi connectivity index (χ4v) is 4.78. The molecule has 0 saturated carbocycles. The third-order valence-electron chi connectivity index (χ3n) is 6.70. The number of allylic oxidation sites excluding steroid dienone is 1.